The van der Waals surface area contributed by atoms with Crippen molar-refractivity contribution in [2.75, 3.05) is 18.4 Å². The average molecular weight is 363 g/mol. The second-order valence-electron chi connectivity index (χ2n) is 5.77. The lowest BCUT2D eigenvalue weighted by atomic mass is 10.0. The number of fused-ring (bicyclic) bond motifs is 1. The summed E-state index contributed by atoms with van der Waals surface area (Å²) in [5.41, 5.74) is 6.30. The van der Waals surface area contributed by atoms with E-state index < -0.39 is 0 Å². The van der Waals surface area contributed by atoms with Crippen LogP contribution in [0.4, 0.5) is 10.5 Å². The van der Waals surface area contributed by atoms with E-state index in [4.69, 9.17) is 0 Å². The number of anilines is 1. The highest BCUT2D eigenvalue weighted by molar-refractivity contribution is 7.09. The van der Waals surface area contributed by atoms with Gasteiger partial charge in [-0.15, -0.1) is 23.7 Å². The number of nitrogens with zero attached hydrogens (tertiary/aromatic N) is 2. The van der Waals surface area contributed by atoms with Crippen LogP contribution in [0.5, 0.6) is 0 Å². The predicted molar refractivity (Wildman–Crippen MR) is 99.5 cm³/mol. The smallest absolute Gasteiger partial charge is 0.313 e. The summed E-state index contributed by atoms with van der Waals surface area (Å²) in [7, 11) is 0. The third kappa shape index (κ3) is 3.45. The molecule has 7 heteroatoms. The summed E-state index contributed by atoms with van der Waals surface area (Å²) < 4.78 is 0. The number of carbonyl (C=O) groups excluding carboxylic acids is 1. The predicted octanol–water partition coefficient (Wildman–Crippen LogP) is 3.49. The minimum absolute atomic E-state index is 0. The molecular weight excluding hydrogens is 344 g/mol. The summed E-state index contributed by atoms with van der Waals surface area (Å²) in [6.07, 6.45) is 3.28. The highest BCUT2D eigenvalue weighted by Gasteiger charge is 2.25. The van der Waals surface area contributed by atoms with E-state index in [1.165, 1.54) is 16.0 Å². The van der Waals surface area contributed by atoms with Crippen LogP contribution in [-0.2, 0) is 13.1 Å². The Morgan fingerprint density at radius 1 is 1.25 bits per heavy atom. The Hall–Kier alpha value is -1.89. The lowest BCUT2D eigenvalue weighted by molar-refractivity contribution is 0.212. The monoisotopic (exact) mass is 362 g/mol. The van der Waals surface area contributed by atoms with Gasteiger partial charge in [0.2, 0.25) is 0 Å². The molecular formula is C17H19ClN4OS. The molecule has 0 aliphatic carbocycles. The molecule has 1 aromatic carbocycles. The number of carbonyl (C=O) groups is 1. The summed E-state index contributed by atoms with van der Waals surface area (Å²) in [5.74, 6) is 0. The van der Waals surface area contributed by atoms with Crippen LogP contribution in [0, 0.1) is 0 Å². The van der Waals surface area contributed by atoms with E-state index in [9.17, 15) is 4.79 Å². The normalized spacial score (nSPS) is 16.2. The third-order valence-corrected chi connectivity index (χ3v) is 5.12. The molecule has 2 aliphatic heterocycles. The minimum Gasteiger partial charge on any atom is -0.313 e. The fraction of sp³-hybridized carbons (Fsp3) is 0.294. The van der Waals surface area contributed by atoms with Crippen molar-refractivity contribution in [1.29, 1.82) is 0 Å². The van der Waals surface area contributed by atoms with Crippen LogP contribution in [0.25, 0.3) is 5.57 Å². The molecule has 1 aromatic heterocycles. The van der Waals surface area contributed by atoms with Crippen molar-refractivity contribution in [3.05, 3.63) is 52.0 Å². The fourth-order valence-corrected chi connectivity index (χ4v) is 3.75. The standard InChI is InChI=1S/C17H18N4OS.ClH/c22-17(21-9-15-16(10-21)23-11-19-15)20-14-3-1-12(2-4-14)13-5-7-18-8-6-13;/h1-5,11,18H,6-10H2,(H,20,22);1H. The number of thiazole rings is 1. The van der Waals surface area contributed by atoms with Gasteiger partial charge in [-0.05, 0) is 36.2 Å². The molecule has 0 saturated heterocycles. The maximum Gasteiger partial charge on any atom is 0.322 e. The number of nitrogens with one attached hydrogen (secondary N) is 2. The molecule has 4 rings (SSSR count). The number of halogens is 1. The van der Waals surface area contributed by atoms with Gasteiger partial charge >= 0.3 is 6.03 Å². The Morgan fingerprint density at radius 2 is 2.08 bits per heavy atom. The van der Waals surface area contributed by atoms with Gasteiger partial charge < -0.3 is 15.5 Å². The number of aromatic nitrogens is 1. The first kappa shape index (κ1) is 17.0. The van der Waals surface area contributed by atoms with Gasteiger partial charge in [-0.2, -0.15) is 0 Å². The lowest BCUT2D eigenvalue weighted by Gasteiger charge is -2.17. The molecule has 0 saturated carbocycles. The largest absolute Gasteiger partial charge is 0.322 e. The summed E-state index contributed by atoms with van der Waals surface area (Å²) >= 11 is 1.61. The molecule has 0 unspecified atom stereocenters. The van der Waals surface area contributed by atoms with Crippen molar-refractivity contribution in [3.8, 4) is 0 Å². The molecule has 0 atom stereocenters. The third-order valence-electron chi connectivity index (χ3n) is 4.26. The molecule has 3 heterocycles. The van der Waals surface area contributed by atoms with Crippen molar-refractivity contribution in [2.24, 2.45) is 0 Å². The van der Waals surface area contributed by atoms with Crippen molar-refractivity contribution >= 4 is 41.0 Å². The van der Waals surface area contributed by atoms with E-state index in [-0.39, 0.29) is 18.4 Å². The maximum absolute atomic E-state index is 12.3. The SMILES string of the molecule is Cl.O=C(Nc1ccc(C2=CCNCC2)cc1)N1Cc2ncsc2C1. The number of rotatable bonds is 2. The Bertz CT molecular complexity index is 736. The highest BCUT2D eigenvalue weighted by Crippen LogP contribution is 2.26. The van der Waals surface area contributed by atoms with Gasteiger partial charge in [0.1, 0.15) is 0 Å². The molecule has 2 aliphatic rings. The zero-order valence-electron chi connectivity index (χ0n) is 13.1. The van der Waals surface area contributed by atoms with Gasteiger partial charge in [-0.25, -0.2) is 9.78 Å². The molecule has 2 N–H and O–H groups in total. The number of urea groups is 1. The Kier molecular flexibility index (Phi) is 5.18. The van der Waals surface area contributed by atoms with E-state index in [1.807, 2.05) is 17.6 Å². The van der Waals surface area contributed by atoms with Crippen LogP contribution in [0.1, 0.15) is 22.6 Å². The zero-order valence-corrected chi connectivity index (χ0v) is 14.8. The van der Waals surface area contributed by atoms with Crippen LogP contribution in [0.2, 0.25) is 0 Å². The quantitative estimate of drug-likeness (QED) is 0.859. The van der Waals surface area contributed by atoms with E-state index in [2.05, 4.69) is 33.8 Å². The minimum atomic E-state index is -0.0657. The van der Waals surface area contributed by atoms with Crippen molar-refractivity contribution in [3.63, 3.8) is 0 Å². The average Bonchev–Trinajstić information content (AvgIpc) is 3.18. The Balaban J connectivity index is 0.00000169. The molecule has 2 aromatic rings. The van der Waals surface area contributed by atoms with Crippen molar-refractivity contribution in [1.82, 2.24) is 15.2 Å². The second-order valence-corrected chi connectivity index (χ2v) is 6.71. The summed E-state index contributed by atoms with van der Waals surface area (Å²) in [5, 5.41) is 6.29. The van der Waals surface area contributed by atoms with Gasteiger partial charge in [0.15, 0.2) is 0 Å². The van der Waals surface area contributed by atoms with Crippen molar-refractivity contribution < 1.29 is 4.79 Å². The van der Waals surface area contributed by atoms with Crippen molar-refractivity contribution in [2.45, 2.75) is 19.5 Å². The van der Waals surface area contributed by atoms with Crippen LogP contribution < -0.4 is 10.6 Å². The topological polar surface area (TPSA) is 57.3 Å². The summed E-state index contributed by atoms with van der Waals surface area (Å²) in [4.78, 5) is 19.6. The van der Waals surface area contributed by atoms with E-state index >= 15 is 0 Å². The lowest BCUT2D eigenvalue weighted by Crippen LogP contribution is -2.30. The number of hydrogen-bond acceptors (Lipinski definition) is 4. The van der Waals surface area contributed by atoms with Crippen LogP contribution in [0.15, 0.2) is 35.9 Å². The first-order valence-electron chi connectivity index (χ1n) is 7.77. The number of hydrogen-bond donors (Lipinski definition) is 2. The molecule has 126 valence electrons. The van der Waals surface area contributed by atoms with Gasteiger partial charge in [0.05, 0.1) is 24.3 Å². The van der Waals surface area contributed by atoms with Crippen LogP contribution in [-0.4, -0.2) is 29.0 Å². The second kappa shape index (κ2) is 7.34. The van der Waals surface area contributed by atoms with Gasteiger partial charge in [-0.1, -0.05) is 18.2 Å². The molecule has 0 radical (unpaired) electrons. The summed E-state index contributed by atoms with van der Waals surface area (Å²) in [6, 6.07) is 8.04. The molecule has 5 nitrogen and oxygen atoms in total. The van der Waals surface area contributed by atoms with Gasteiger partial charge in [-0.3, -0.25) is 0 Å². The fourth-order valence-electron chi connectivity index (χ4n) is 2.96. The first-order valence-corrected chi connectivity index (χ1v) is 8.65. The molecule has 0 fully saturated rings. The van der Waals surface area contributed by atoms with Gasteiger partial charge in [0.25, 0.3) is 0 Å². The molecule has 2 amide bonds. The van der Waals surface area contributed by atoms with E-state index in [0.29, 0.717) is 13.1 Å². The molecule has 0 bridgehead atoms. The number of amides is 2. The Morgan fingerprint density at radius 3 is 2.79 bits per heavy atom. The Labute approximate surface area is 151 Å². The summed E-state index contributed by atoms with van der Waals surface area (Å²) in [6.45, 7) is 3.21. The van der Waals surface area contributed by atoms with E-state index in [1.54, 1.807) is 16.2 Å². The molecule has 24 heavy (non-hydrogen) atoms. The highest BCUT2D eigenvalue weighted by atomic mass is 35.5. The first-order chi connectivity index (χ1) is 11.3. The molecule has 0 spiro atoms. The zero-order chi connectivity index (χ0) is 15.6. The van der Waals surface area contributed by atoms with Gasteiger partial charge in [0, 0.05) is 17.1 Å². The van der Waals surface area contributed by atoms with Crippen LogP contribution >= 0.6 is 23.7 Å². The van der Waals surface area contributed by atoms with E-state index in [0.717, 1.165) is 30.9 Å². The number of benzene rings is 1. The maximum atomic E-state index is 12.3. The van der Waals surface area contributed by atoms with Crippen LogP contribution in [0.3, 0.4) is 0 Å².